The van der Waals surface area contributed by atoms with Gasteiger partial charge < -0.3 is 9.64 Å². The highest BCUT2D eigenvalue weighted by atomic mass is 16.5. The second kappa shape index (κ2) is 11.1. The fourth-order valence-electron chi connectivity index (χ4n) is 6.21. The van der Waals surface area contributed by atoms with Gasteiger partial charge in [-0.3, -0.25) is 9.88 Å². The van der Waals surface area contributed by atoms with Gasteiger partial charge in [-0.15, -0.1) is 0 Å². The zero-order valence-corrected chi connectivity index (χ0v) is 22.5. The number of nitrogens with zero attached hydrogens (tertiary/aromatic N) is 3. The maximum Gasteiger partial charge on any atom is 0.0731 e. The van der Waals surface area contributed by atoms with E-state index in [1.807, 2.05) is 0 Å². The first-order valence-electron chi connectivity index (χ1n) is 13.8. The molecule has 3 aromatic rings. The van der Waals surface area contributed by atoms with Crippen molar-refractivity contribution in [1.29, 1.82) is 0 Å². The van der Waals surface area contributed by atoms with Crippen molar-refractivity contribution >= 4 is 5.69 Å². The lowest BCUT2D eigenvalue weighted by molar-refractivity contribution is 0.122. The third-order valence-corrected chi connectivity index (χ3v) is 8.19. The number of benzene rings is 2. The van der Waals surface area contributed by atoms with Gasteiger partial charge >= 0.3 is 0 Å². The van der Waals surface area contributed by atoms with Gasteiger partial charge in [0.15, 0.2) is 0 Å². The van der Waals surface area contributed by atoms with Crippen molar-refractivity contribution in [3.63, 3.8) is 0 Å². The molecule has 2 aliphatic rings. The molecular weight excluding hydrogens is 442 g/mol. The van der Waals surface area contributed by atoms with Crippen LogP contribution in [0.4, 0.5) is 5.69 Å². The predicted molar refractivity (Wildman–Crippen MR) is 150 cm³/mol. The topological polar surface area (TPSA) is 28.6 Å². The summed E-state index contributed by atoms with van der Waals surface area (Å²) in [6.07, 6.45) is 5.71. The summed E-state index contributed by atoms with van der Waals surface area (Å²) in [5.74, 6) is 0. The number of anilines is 1. The SMILES string of the molecule is CCc1cccc(CC)c1-c1cc(N2CCOCC2)c(CN(C)C2CCCc3ccccc32)c(C)n1. The first-order chi connectivity index (χ1) is 17.6. The Kier molecular flexibility index (Phi) is 7.73. The maximum atomic E-state index is 5.73. The summed E-state index contributed by atoms with van der Waals surface area (Å²) in [7, 11) is 2.30. The van der Waals surface area contributed by atoms with E-state index in [1.165, 1.54) is 58.3 Å². The fraction of sp³-hybridized carbons (Fsp3) is 0.469. The van der Waals surface area contributed by atoms with Gasteiger partial charge in [-0.05, 0) is 74.4 Å². The van der Waals surface area contributed by atoms with Crippen molar-refractivity contribution in [2.75, 3.05) is 38.3 Å². The van der Waals surface area contributed by atoms with Crippen LogP contribution >= 0.6 is 0 Å². The molecule has 1 saturated heterocycles. The molecule has 36 heavy (non-hydrogen) atoms. The van der Waals surface area contributed by atoms with Gasteiger partial charge in [-0.1, -0.05) is 56.3 Å². The molecule has 1 atom stereocenters. The minimum atomic E-state index is 0.457. The number of morpholine rings is 1. The lowest BCUT2D eigenvalue weighted by atomic mass is 9.86. The Labute approximate surface area is 217 Å². The normalized spacial score (nSPS) is 17.9. The molecule has 190 valence electrons. The van der Waals surface area contributed by atoms with E-state index < -0.39 is 0 Å². The number of ether oxygens (including phenoxy) is 1. The van der Waals surface area contributed by atoms with E-state index in [0.717, 1.165) is 57.1 Å². The van der Waals surface area contributed by atoms with Crippen LogP contribution in [0.1, 0.15) is 66.2 Å². The number of pyridine rings is 1. The molecule has 0 saturated carbocycles. The van der Waals surface area contributed by atoms with Crippen LogP contribution in [-0.4, -0.2) is 43.2 Å². The largest absolute Gasteiger partial charge is 0.378 e. The molecule has 1 aliphatic carbocycles. The van der Waals surface area contributed by atoms with Crippen LogP contribution in [-0.2, 0) is 30.5 Å². The zero-order chi connectivity index (χ0) is 25.1. The first kappa shape index (κ1) is 25.0. The monoisotopic (exact) mass is 483 g/mol. The smallest absolute Gasteiger partial charge is 0.0731 e. The molecule has 0 bridgehead atoms. The van der Waals surface area contributed by atoms with Crippen LogP contribution in [0.15, 0.2) is 48.5 Å². The van der Waals surface area contributed by atoms with Gasteiger partial charge in [-0.25, -0.2) is 0 Å². The molecule has 0 spiro atoms. The number of fused-ring (bicyclic) bond motifs is 1. The van der Waals surface area contributed by atoms with Gasteiger partial charge in [0.05, 0.1) is 18.9 Å². The van der Waals surface area contributed by atoms with E-state index in [-0.39, 0.29) is 0 Å². The van der Waals surface area contributed by atoms with Crippen molar-refractivity contribution in [2.24, 2.45) is 0 Å². The average Bonchev–Trinajstić information content (AvgIpc) is 2.93. The van der Waals surface area contributed by atoms with Crippen molar-refractivity contribution < 1.29 is 4.74 Å². The second-order valence-electron chi connectivity index (χ2n) is 10.4. The van der Waals surface area contributed by atoms with Crippen LogP contribution in [0.25, 0.3) is 11.3 Å². The van der Waals surface area contributed by atoms with Gasteiger partial charge in [-0.2, -0.15) is 0 Å². The first-order valence-corrected chi connectivity index (χ1v) is 13.8. The highest BCUT2D eigenvalue weighted by Crippen LogP contribution is 2.38. The molecule has 1 aromatic heterocycles. The molecule has 0 amide bonds. The number of aromatic nitrogens is 1. The van der Waals surface area contributed by atoms with Crippen LogP contribution in [0.3, 0.4) is 0 Å². The number of rotatable bonds is 7. The van der Waals surface area contributed by atoms with E-state index in [2.05, 4.69) is 86.1 Å². The highest BCUT2D eigenvalue weighted by molar-refractivity contribution is 5.73. The maximum absolute atomic E-state index is 5.73. The van der Waals surface area contributed by atoms with Gasteiger partial charge in [0, 0.05) is 48.2 Å². The molecule has 2 heterocycles. The zero-order valence-electron chi connectivity index (χ0n) is 22.5. The summed E-state index contributed by atoms with van der Waals surface area (Å²) in [6, 6.07) is 18.6. The minimum absolute atomic E-state index is 0.457. The van der Waals surface area contributed by atoms with E-state index in [4.69, 9.17) is 9.72 Å². The van der Waals surface area contributed by atoms with Crippen LogP contribution < -0.4 is 4.90 Å². The lowest BCUT2D eigenvalue weighted by Gasteiger charge is -2.36. The quantitative estimate of drug-likeness (QED) is 0.382. The average molecular weight is 484 g/mol. The second-order valence-corrected chi connectivity index (χ2v) is 10.4. The molecule has 0 N–H and O–H groups in total. The Morgan fingerprint density at radius 1 is 1.00 bits per heavy atom. The lowest BCUT2D eigenvalue weighted by Crippen LogP contribution is -2.37. The number of aryl methyl sites for hydroxylation is 4. The standard InChI is InChI=1S/C32H41N3O/c1-5-24-12-9-13-25(6-2)32(24)29-21-31(35-17-19-36-20-18-35)28(23(3)33-29)22-34(4)30-16-10-14-26-11-7-8-15-27(26)30/h7-9,11-13,15,21,30H,5-6,10,14,16-20,22H2,1-4H3. The van der Waals surface area contributed by atoms with E-state index >= 15 is 0 Å². The minimum Gasteiger partial charge on any atom is -0.378 e. The van der Waals surface area contributed by atoms with Crippen LogP contribution in [0, 0.1) is 6.92 Å². The van der Waals surface area contributed by atoms with Crippen molar-refractivity contribution in [3.05, 3.63) is 82.0 Å². The Morgan fingerprint density at radius 3 is 2.44 bits per heavy atom. The molecular formula is C32H41N3O. The molecule has 1 aliphatic heterocycles. The molecule has 0 radical (unpaired) electrons. The molecule has 4 nitrogen and oxygen atoms in total. The predicted octanol–water partition coefficient (Wildman–Crippen LogP) is 6.53. The third kappa shape index (κ3) is 4.94. The summed E-state index contributed by atoms with van der Waals surface area (Å²) in [5, 5.41) is 0. The highest BCUT2D eigenvalue weighted by Gasteiger charge is 2.26. The van der Waals surface area contributed by atoms with Gasteiger partial charge in [0.25, 0.3) is 0 Å². The fourth-order valence-corrected chi connectivity index (χ4v) is 6.21. The Balaban J connectivity index is 1.56. The van der Waals surface area contributed by atoms with Crippen molar-refractivity contribution in [1.82, 2.24) is 9.88 Å². The van der Waals surface area contributed by atoms with Gasteiger partial charge in [0.1, 0.15) is 0 Å². The molecule has 2 aromatic carbocycles. The van der Waals surface area contributed by atoms with E-state index in [1.54, 1.807) is 0 Å². The number of hydrogen-bond acceptors (Lipinski definition) is 4. The van der Waals surface area contributed by atoms with Crippen molar-refractivity contribution in [3.8, 4) is 11.3 Å². The number of hydrogen-bond donors (Lipinski definition) is 0. The molecule has 4 heteroatoms. The van der Waals surface area contributed by atoms with E-state index in [0.29, 0.717) is 6.04 Å². The third-order valence-electron chi connectivity index (χ3n) is 8.19. The summed E-state index contributed by atoms with van der Waals surface area (Å²) < 4.78 is 5.73. The van der Waals surface area contributed by atoms with Crippen LogP contribution in [0.5, 0.6) is 0 Å². The summed E-state index contributed by atoms with van der Waals surface area (Å²) in [5.41, 5.74) is 12.1. The van der Waals surface area contributed by atoms with E-state index in [9.17, 15) is 0 Å². The van der Waals surface area contributed by atoms with Crippen molar-refractivity contribution in [2.45, 2.75) is 65.5 Å². The molecule has 5 rings (SSSR count). The summed E-state index contributed by atoms with van der Waals surface area (Å²) in [6.45, 7) is 11.1. The summed E-state index contributed by atoms with van der Waals surface area (Å²) >= 11 is 0. The molecule has 1 unspecified atom stereocenters. The Bertz CT molecular complexity index is 1180. The molecule has 1 fully saturated rings. The van der Waals surface area contributed by atoms with Crippen LogP contribution in [0.2, 0.25) is 0 Å². The Morgan fingerprint density at radius 2 is 1.72 bits per heavy atom. The van der Waals surface area contributed by atoms with Gasteiger partial charge in [0.2, 0.25) is 0 Å². The Hall–Kier alpha value is -2.69. The summed E-state index contributed by atoms with van der Waals surface area (Å²) in [4.78, 5) is 10.4.